The smallest absolute Gasteiger partial charge is 0.165 e. The highest BCUT2D eigenvalue weighted by Crippen LogP contribution is 2.38. The number of imidazole rings is 1. The van der Waals surface area contributed by atoms with Crippen LogP contribution in [-0.4, -0.2) is 55.7 Å². The molecule has 0 spiro atoms. The van der Waals surface area contributed by atoms with Crippen LogP contribution in [0.4, 0.5) is 11.6 Å². The first-order chi connectivity index (χ1) is 13.2. The lowest BCUT2D eigenvalue weighted by Crippen LogP contribution is -2.47. The maximum absolute atomic E-state index is 4.84. The molecule has 8 heteroatoms. The normalized spacial score (nSPS) is 17.7. The van der Waals surface area contributed by atoms with Gasteiger partial charge in [0.2, 0.25) is 0 Å². The molecule has 5 rings (SSSR count). The Morgan fingerprint density at radius 3 is 2.52 bits per heavy atom. The summed E-state index contributed by atoms with van der Waals surface area (Å²) in [6.45, 7) is 8.65. The van der Waals surface area contributed by atoms with Crippen LogP contribution in [0.25, 0.3) is 11.2 Å². The zero-order chi connectivity index (χ0) is 18.4. The predicted molar refractivity (Wildman–Crippen MR) is 104 cm³/mol. The second-order valence-electron chi connectivity index (χ2n) is 7.37. The first-order valence-electron chi connectivity index (χ1n) is 9.74. The first kappa shape index (κ1) is 16.4. The maximum Gasteiger partial charge on any atom is 0.165 e. The molecule has 0 atom stereocenters. The number of aryl methyl sites for hydroxylation is 2. The van der Waals surface area contributed by atoms with Crippen molar-refractivity contribution in [1.82, 2.24) is 29.5 Å². The van der Waals surface area contributed by atoms with Gasteiger partial charge in [-0.1, -0.05) is 0 Å². The van der Waals surface area contributed by atoms with Crippen LogP contribution in [0, 0.1) is 6.92 Å². The third-order valence-electron chi connectivity index (χ3n) is 5.43. The van der Waals surface area contributed by atoms with Gasteiger partial charge < -0.3 is 14.4 Å². The van der Waals surface area contributed by atoms with E-state index in [-0.39, 0.29) is 0 Å². The Balaban J connectivity index is 1.36. The number of nitrogens with zero attached hydrogens (tertiary/aromatic N) is 8. The third-order valence-corrected chi connectivity index (χ3v) is 5.43. The quantitative estimate of drug-likeness (QED) is 0.702. The Hall–Kier alpha value is -2.77. The van der Waals surface area contributed by atoms with Gasteiger partial charge in [0.05, 0.1) is 6.33 Å². The highest BCUT2D eigenvalue weighted by molar-refractivity contribution is 5.83. The fourth-order valence-electron chi connectivity index (χ4n) is 3.74. The van der Waals surface area contributed by atoms with E-state index >= 15 is 0 Å². The van der Waals surface area contributed by atoms with Gasteiger partial charge in [0.1, 0.15) is 18.0 Å². The molecule has 4 heterocycles. The van der Waals surface area contributed by atoms with Crippen molar-refractivity contribution in [3.05, 3.63) is 30.2 Å². The number of hydrogen-bond acceptors (Lipinski definition) is 7. The van der Waals surface area contributed by atoms with Gasteiger partial charge in [-0.05, 0) is 26.7 Å². The number of hydrogen-bond donors (Lipinski definition) is 0. The average molecular weight is 364 g/mol. The van der Waals surface area contributed by atoms with Crippen molar-refractivity contribution in [2.24, 2.45) is 0 Å². The molecule has 2 aliphatic rings. The first-order valence-corrected chi connectivity index (χ1v) is 9.74. The Labute approximate surface area is 158 Å². The minimum Gasteiger partial charge on any atom is -0.353 e. The summed E-state index contributed by atoms with van der Waals surface area (Å²) >= 11 is 0. The molecular formula is C19H24N8. The monoisotopic (exact) mass is 364 g/mol. The van der Waals surface area contributed by atoms with E-state index < -0.39 is 0 Å². The number of aromatic nitrogens is 6. The molecule has 8 nitrogen and oxygen atoms in total. The van der Waals surface area contributed by atoms with E-state index in [0.717, 1.165) is 67.0 Å². The van der Waals surface area contributed by atoms with Crippen molar-refractivity contribution < 1.29 is 0 Å². The van der Waals surface area contributed by atoms with Crippen LogP contribution in [0.2, 0.25) is 0 Å². The standard InChI is InChI=1S/C19H24N8/c1-3-25-12-22-16-18(25)20-11-21-19(16)27-8-6-26(7-9-27)15-10-13(2)23-17(24-15)14-4-5-14/h10-12,14H,3-9H2,1-2H3. The molecule has 0 N–H and O–H groups in total. The summed E-state index contributed by atoms with van der Waals surface area (Å²) in [5, 5.41) is 0. The van der Waals surface area contributed by atoms with Gasteiger partial charge in [-0.25, -0.2) is 24.9 Å². The summed E-state index contributed by atoms with van der Waals surface area (Å²) in [6, 6.07) is 2.10. The van der Waals surface area contributed by atoms with E-state index in [1.54, 1.807) is 6.33 Å². The molecule has 2 fully saturated rings. The van der Waals surface area contributed by atoms with Crippen LogP contribution in [0.1, 0.15) is 37.2 Å². The Kier molecular flexibility index (Phi) is 3.91. The van der Waals surface area contributed by atoms with Crippen molar-refractivity contribution in [3.63, 3.8) is 0 Å². The van der Waals surface area contributed by atoms with Crippen molar-refractivity contribution >= 4 is 22.8 Å². The molecule has 27 heavy (non-hydrogen) atoms. The number of rotatable bonds is 4. The predicted octanol–water partition coefficient (Wildman–Crippen LogP) is 2.15. The van der Waals surface area contributed by atoms with Crippen LogP contribution >= 0.6 is 0 Å². The number of fused-ring (bicyclic) bond motifs is 1. The summed E-state index contributed by atoms with van der Waals surface area (Å²) in [6.07, 6.45) is 5.95. The van der Waals surface area contributed by atoms with E-state index in [0.29, 0.717) is 5.92 Å². The lowest BCUT2D eigenvalue weighted by molar-refractivity contribution is 0.639. The molecule has 0 unspecified atom stereocenters. The molecule has 0 bridgehead atoms. The molecular weight excluding hydrogens is 340 g/mol. The Morgan fingerprint density at radius 1 is 1.00 bits per heavy atom. The summed E-state index contributed by atoms with van der Waals surface area (Å²) in [5.41, 5.74) is 2.86. The zero-order valence-electron chi connectivity index (χ0n) is 15.8. The Morgan fingerprint density at radius 2 is 1.78 bits per heavy atom. The van der Waals surface area contributed by atoms with Crippen LogP contribution in [0.5, 0.6) is 0 Å². The van der Waals surface area contributed by atoms with E-state index in [1.165, 1.54) is 12.8 Å². The largest absolute Gasteiger partial charge is 0.353 e. The van der Waals surface area contributed by atoms with Gasteiger partial charge >= 0.3 is 0 Å². The molecule has 140 valence electrons. The number of anilines is 2. The van der Waals surface area contributed by atoms with Crippen LogP contribution in [0.15, 0.2) is 18.7 Å². The van der Waals surface area contributed by atoms with Crippen molar-refractivity contribution in [2.45, 2.75) is 39.2 Å². The second-order valence-corrected chi connectivity index (χ2v) is 7.37. The van der Waals surface area contributed by atoms with Crippen molar-refractivity contribution in [2.75, 3.05) is 36.0 Å². The lowest BCUT2D eigenvalue weighted by atomic mass is 10.2. The molecule has 3 aromatic heterocycles. The SMILES string of the molecule is CCn1cnc2c(N3CCN(c4cc(C)nc(C5CC5)n4)CC3)ncnc21. The van der Waals surface area contributed by atoms with Gasteiger partial charge in [0.25, 0.3) is 0 Å². The van der Waals surface area contributed by atoms with Gasteiger partial charge in [0.15, 0.2) is 17.0 Å². The molecule has 3 aromatic rings. The topological polar surface area (TPSA) is 75.9 Å². The summed E-state index contributed by atoms with van der Waals surface area (Å²) in [5.74, 6) is 3.60. The zero-order valence-corrected chi connectivity index (χ0v) is 15.8. The van der Waals surface area contributed by atoms with Crippen LogP contribution in [0.3, 0.4) is 0 Å². The molecule has 1 aliphatic heterocycles. The second kappa shape index (κ2) is 6.44. The van der Waals surface area contributed by atoms with Crippen LogP contribution < -0.4 is 9.80 Å². The molecule has 1 saturated carbocycles. The lowest BCUT2D eigenvalue weighted by Gasteiger charge is -2.36. The van der Waals surface area contributed by atoms with Crippen LogP contribution in [-0.2, 0) is 6.54 Å². The highest BCUT2D eigenvalue weighted by Gasteiger charge is 2.28. The highest BCUT2D eigenvalue weighted by atomic mass is 15.3. The molecule has 0 radical (unpaired) electrons. The fourth-order valence-corrected chi connectivity index (χ4v) is 3.74. The minimum absolute atomic E-state index is 0.577. The van der Waals surface area contributed by atoms with Gasteiger partial charge in [-0.3, -0.25) is 0 Å². The van der Waals surface area contributed by atoms with E-state index in [9.17, 15) is 0 Å². The van der Waals surface area contributed by atoms with Gasteiger partial charge in [-0.15, -0.1) is 0 Å². The van der Waals surface area contributed by atoms with Crippen molar-refractivity contribution in [3.8, 4) is 0 Å². The van der Waals surface area contributed by atoms with Gasteiger partial charge in [0, 0.05) is 50.4 Å². The van der Waals surface area contributed by atoms with Gasteiger partial charge in [-0.2, -0.15) is 0 Å². The molecule has 0 amide bonds. The summed E-state index contributed by atoms with van der Waals surface area (Å²) < 4.78 is 2.06. The maximum atomic E-state index is 4.84. The average Bonchev–Trinajstić information content (AvgIpc) is 3.47. The van der Waals surface area contributed by atoms with E-state index in [2.05, 4.69) is 54.2 Å². The Bertz CT molecular complexity index is 969. The molecule has 1 saturated heterocycles. The molecule has 0 aromatic carbocycles. The van der Waals surface area contributed by atoms with E-state index in [1.807, 2.05) is 6.33 Å². The van der Waals surface area contributed by atoms with Crippen molar-refractivity contribution in [1.29, 1.82) is 0 Å². The third kappa shape index (κ3) is 2.98. The summed E-state index contributed by atoms with van der Waals surface area (Å²) in [4.78, 5) is 27.6. The van der Waals surface area contributed by atoms with E-state index in [4.69, 9.17) is 4.98 Å². The fraction of sp³-hybridized carbons (Fsp3) is 0.526. The minimum atomic E-state index is 0.577. The number of piperazine rings is 1. The summed E-state index contributed by atoms with van der Waals surface area (Å²) in [7, 11) is 0. The molecule has 1 aliphatic carbocycles.